The van der Waals surface area contributed by atoms with Crippen molar-refractivity contribution in [1.82, 2.24) is 10.2 Å². The van der Waals surface area contributed by atoms with E-state index in [2.05, 4.69) is 5.32 Å². The molecule has 4 nitrogen and oxygen atoms in total. The summed E-state index contributed by atoms with van der Waals surface area (Å²) in [6.07, 6.45) is 6.51. The highest BCUT2D eigenvalue weighted by atomic mass is 32.1. The molecule has 1 saturated heterocycles. The lowest BCUT2D eigenvalue weighted by Gasteiger charge is -2.32. The summed E-state index contributed by atoms with van der Waals surface area (Å²) in [5, 5.41) is 5.05. The van der Waals surface area contributed by atoms with E-state index in [4.69, 9.17) is 0 Å². The molecule has 1 saturated carbocycles. The molecule has 0 aromatic carbocycles. The number of carbonyl (C=O) groups excluding carboxylic acids is 2. The van der Waals surface area contributed by atoms with E-state index in [1.165, 1.54) is 0 Å². The number of nitrogens with zero attached hydrogens (tertiary/aromatic N) is 1. The van der Waals surface area contributed by atoms with Gasteiger partial charge in [-0.25, -0.2) is 0 Å². The largest absolute Gasteiger partial charge is 0.353 e. The second kappa shape index (κ2) is 7.27. The zero-order valence-corrected chi connectivity index (χ0v) is 13.7. The van der Waals surface area contributed by atoms with Crippen molar-refractivity contribution < 1.29 is 9.59 Å². The maximum Gasteiger partial charge on any atom is 0.227 e. The summed E-state index contributed by atoms with van der Waals surface area (Å²) in [5.41, 5.74) is 0. The topological polar surface area (TPSA) is 49.4 Å². The van der Waals surface area contributed by atoms with Crippen LogP contribution in [0.15, 0.2) is 17.5 Å². The van der Waals surface area contributed by atoms with Crippen molar-refractivity contribution >= 4 is 23.2 Å². The predicted octanol–water partition coefficient (Wildman–Crippen LogP) is 2.59. The molecule has 1 aromatic rings. The third kappa shape index (κ3) is 4.57. The quantitative estimate of drug-likeness (QED) is 0.876. The Morgan fingerprint density at radius 1 is 1.32 bits per heavy atom. The number of thiophene rings is 1. The van der Waals surface area contributed by atoms with Crippen LogP contribution in [0.25, 0.3) is 0 Å². The molecule has 0 unspecified atom stereocenters. The Balaban J connectivity index is 1.42. The first-order valence-corrected chi connectivity index (χ1v) is 9.18. The van der Waals surface area contributed by atoms with Crippen molar-refractivity contribution in [3.8, 4) is 0 Å². The van der Waals surface area contributed by atoms with Gasteiger partial charge in [0, 0.05) is 30.4 Å². The van der Waals surface area contributed by atoms with E-state index in [0.29, 0.717) is 24.8 Å². The van der Waals surface area contributed by atoms with Crippen LogP contribution < -0.4 is 5.32 Å². The number of carbonyl (C=O) groups is 2. The number of hydrogen-bond acceptors (Lipinski definition) is 3. The fraction of sp³-hybridized carbons (Fsp3) is 0.647. The van der Waals surface area contributed by atoms with Crippen LogP contribution in [0.2, 0.25) is 0 Å². The molecule has 0 spiro atoms. The zero-order chi connectivity index (χ0) is 15.4. The Bertz CT molecular complexity index is 511. The van der Waals surface area contributed by atoms with Gasteiger partial charge >= 0.3 is 0 Å². The number of piperidine rings is 1. The predicted molar refractivity (Wildman–Crippen MR) is 87.7 cm³/mol. The van der Waals surface area contributed by atoms with E-state index in [0.717, 1.165) is 50.1 Å². The third-order valence-electron chi connectivity index (χ3n) is 4.50. The lowest BCUT2D eigenvalue weighted by Crippen LogP contribution is -2.41. The molecule has 3 rings (SSSR count). The minimum Gasteiger partial charge on any atom is -0.353 e. The molecular formula is C17H24N2O2S. The monoisotopic (exact) mass is 320 g/mol. The Labute approximate surface area is 135 Å². The van der Waals surface area contributed by atoms with Gasteiger partial charge in [-0.2, -0.15) is 0 Å². The van der Waals surface area contributed by atoms with Crippen LogP contribution in [-0.2, 0) is 16.0 Å². The lowest BCUT2D eigenvalue weighted by molar-refractivity contribution is -0.132. The summed E-state index contributed by atoms with van der Waals surface area (Å²) < 4.78 is 0. The molecule has 5 heteroatoms. The standard InChI is InChI=1S/C17H24N2O2S/c20-16(18-14-6-7-14)8-5-13-3-1-9-19(12-13)17(21)11-15-4-2-10-22-15/h2,4,10,13-14H,1,3,5-9,11-12H2,(H,18,20)/t13-/m1/s1. The highest BCUT2D eigenvalue weighted by molar-refractivity contribution is 7.10. The zero-order valence-electron chi connectivity index (χ0n) is 12.9. The smallest absolute Gasteiger partial charge is 0.227 e. The van der Waals surface area contributed by atoms with E-state index >= 15 is 0 Å². The summed E-state index contributed by atoms with van der Waals surface area (Å²) in [4.78, 5) is 27.3. The first kappa shape index (κ1) is 15.5. The minimum absolute atomic E-state index is 0.185. The molecule has 1 aromatic heterocycles. The average molecular weight is 320 g/mol. The van der Waals surface area contributed by atoms with Gasteiger partial charge in [-0.15, -0.1) is 11.3 Å². The van der Waals surface area contributed by atoms with Gasteiger partial charge in [0.2, 0.25) is 11.8 Å². The Morgan fingerprint density at radius 2 is 2.18 bits per heavy atom. The molecule has 1 aliphatic heterocycles. The van der Waals surface area contributed by atoms with E-state index in [1.807, 2.05) is 22.4 Å². The fourth-order valence-electron chi connectivity index (χ4n) is 3.06. The fourth-order valence-corrected chi connectivity index (χ4v) is 3.76. The molecule has 1 N–H and O–H groups in total. The lowest BCUT2D eigenvalue weighted by atomic mass is 9.93. The van der Waals surface area contributed by atoms with Crippen molar-refractivity contribution in [2.24, 2.45) is 5.92 Å². The van der Waals surface area contributed by atoms with Gasteiger partial charge in [0.05, 0.1) is 6.42 Å². The van der Waals surface area contributed by atoms with Crippen LogP contribution >= 0.6 is 11.3 Å². The average Bonchev–Trinajstić information content (AvgIpc) is 3.18. The van der Waals surface area contributed by atoms with E-state index in [9.17, 15) is 9.59 Å². The first-order chi connectivity index (χ1) is 10.7. The van der Waals surface area contributed by atoms with Crippen molar-refractivity contribution in [3.05, 3.63) is 22.4 Å². The van der Waals surface area contributed by atoms with Gasteiger partial charge < -0.3 is 10.2 Å². The Morgan fingerprint density at radius 3 is 2.91 bits per heavy atom. The van der Waals surface area contributed by atoms with Gasteiger partial charge in [0.25, 0.3) is 0 Å². The molecule has 1 aliphatic carbocycles. The molecule has 120 valence electrons. The molecule has 1 atom stereocenters. The van der Waals surface area contributed by atoms with Crippen molar-refractivity contribution in [1.29, 1.82) is 0 Å². The highest BCUT2D eigenvalue weighted by Gasteiger charge is 2.26. The van der Waals surface area contributed by atoms with Crippen molar-refractivity contribution in [2.45, 2.75) is 51.0 Å². The van der Waals surface area contributed by atoms with Crippen LogP contribution in [0.4, 0.5) is 0 Å². The summed E-state index contributed by atoms with van der Waals surface area (Å²) in [7, 11) is 0. The summed E-state index contributed by atoms with van der Waals surface area (Å²) >= 11 is 1.64. The molecular weight excluding hydrogens is 296 g/mol. The van der Waals surface area contributed by atoms with Crippen LogP contribution in [0.5, 0.6) is 0 Å². The number of likely N-dealkylation sites (tertiary alicyclic amines) is 1. The van der Waals surface area contributed by atoms with Crippen LogP contribution in [-0.4, -0.2) is 35.8 Å². The van der Waals surface area contributed by atoms with Crippen LogP contribution in [0.1, 0.15) is 43.4 Å². The Kier molecular flexibility index (Phi) is 5.13. The second-order valence-corrected chi connectivity index (χ2v) is 7.52. The number of hydrogen-bond donors (Lipinski definition) is 1. The van der Waals surface area contributed by atoms with Gasteiger partial charge in [-0.05, 0) is 49.5 Å². The van der Waals surface area contributed by atoms with Gasteiger partial charge in [-0.1, -0.05) is 6.07 Å². The van der Waals surface area contributed by atoms with Gasteiger partial charge in [-0.3, -0.25) is 9.59 Å². The highest BCUT2D eigenvalue weighted by Crippen LogP contribution is 2.23. The maximum atomic E-state index is 12.4. The maximum absolute atomic E-state index is 12.4. The molecule has 22 heavy (non-hydrogen) atoms. The molecule has 2 fully saturated rings. The summed E-state index contributed by atoms with van der Waals surface area (Å²) in [6, 6.07) is 4.46. The van der Waals surface area contributed by atoms with E-state index in [-0.39, 0.29) is 11.8 Å². The van der Waals surface area contributed by atoms with E-state index in [1.54, 1.807) is 11.3 Å². The molecule has 0 radical (unpaired) electrons. The summed E-state index contributed by atoms with van der Waals surface area (Å²) in [6.45, 7) is 1.69. The second-order valence-electron chi connectivity index (χ2n) is 6.48. The molecule has 2 amide bonds. The number of nitrogens with one attached hydrogen (secondary N) is 1. The summed E-state index contributed by atoms with van der Waals surface area (Å²) in [5.74, 6) is 0.894. The molecule has 2 aliphatic rings. The Hall–Kier alpha value is -1.36. The third-order valence-corrected chi connectivity index (χ3v) is 5.38. The molecule has 2 heterocycles. The van der Waals surface area contributed by atoms with Crippen LogP contribution in [0, 0.1) is 5.92 Å². The van der Waals surface area contributed by atoms with Gasteiger partial charge in [0.15, 0.2) is 0 Å². The SMILES string of the molecule is O=C(CC[C@H]1CCCN(C(=O)Cc2cccs2)C1)NC1CC1. The molecule has 0 bridgehead atoms. The van der Waals surface area contributed by atoms with Crippen LogP contribution in [0.3, 0.4) is 0 Å². The minimum atomic E-state index is 0.185. The number of rotatable bonds is 6. The normalized spacial score (nSPS) is 21.6. The van der Waals surface area contributed by atoms with E-state index < -0.39 is 0 Å². The van der Waals surface area contributed by atoms with Crippen molar-refractivity contribution in [2.75, 3.05) is 13.1 Å². The van der Waals surface area contributed by atoms with Crippen molar-refractivity contribution in [3.63, 3.8) is 0 Å². The number of amides is 2. The van der Waals surface area contributed by atoms with Gasteiger partial charge in [0.1, 0.15) is 0 Å². The first-order valence-electron chi connectivity index (χ1n) is 8.30.